The molecule has 0 spiro atoms. The first-order valence-corrected chi connectivity index (χ1v) is 11.4. The van der Waals surface area contributed by atoms with Gasteiger partial charge in [0.25, 0.3) is 0 Å². The zero-order valence-electron chi connectivity index (χ0n) is 20.1. The first-order valence-electron chi connectivity index (χ1n) is 11.4. The van der Waals surface area contributed by atoms with Crippen LogP contribution in [0.25, 0.3) is 0 Å². The van der Waals surface area contributed by atoms with Crippen molar-refractivity contribution in [1.29, 1.82) is 0 Å². The standard InChI is InChI=1S/C29H39NO/c1-7-10-26(30-25-15-17-27(31)18-16-25)21-23(3)12-8-11-22(2)14-19-28-24(4)13-9-20-29(28,5)6/h8,10-12,14-19,21,30-31H,7,9,13,20H2,1-6H3/b12-8+,19-14+,22-11+,23-21+,26-10+. The van der Waals surface area contributed by atoms with E-state index in [1.807, 2.05) is 12.1 Å². The van der Waals surface area contributed by atoms with E-state index in [1.165, 1.54) is 41.6 Å². The van der Waals surface area contributed by atoms with Crippen molar-refractivity contribution in [2.75, 3.05) is 5.32 Å². The summed E-state index contributed by atoms with van der Waals surface area (Å²) in [6.45, 7) is 13.4. The van der Waals surface area contributed by atoms with Crippen LogP contribution in [0.5, 0.6) is 5.75 Å². The summed E-state index contributed by atoms with van der Waals surface area (Å²) >= 11 is 0. The molecule has 1 aromatic rings. The molecule has 2 rings (SSSR count). The highest BCUT2D eigenvalue weighted by Gasteiger charge is 2.26. The van der Waals surface area contributed by atoms with Crippen LogP contribution in [0.4, 0.5) is 5.69 Å². The van der Waals surface area contributed by atoms with Gasteiger partial charge in [-0.2, -0.15) is 0 Å². The Labute approximate surface area is 189 Å². The number of hydrogen-bond donors (Lipinski definition) is 2. The summed E-state index contributed by atoms with van der Waals surface area (Å²) in [4.78, 5) is 0. The smallest absolute Gasteiger partial charge is 0.115 e. The van der Waals surface area contributed by atoms with Gasteiger partial charge in [-0.25, -0.2) is 0 Å². The molecular formula is C29H39NO. The highest BCUT2D eigenvalue weighted by atomic mass is 16.3. The molecule has 0 bridgehead atoms. The third-order valence-corrected chi connectivity index (χ3v) is 5.74. The van der Waals surface area contributed by atoms with Crippen molar-refractivity contribution in [2.45, 2.75) is 67.2 Å². The minimum Gasteiger partial charge on any atom is -0.508 e. The molecule has 1 aliphatic carbocycles. The number of nitrogens with one attached hydrogen (secondary N) is 1. The molecule has 166 valence electrons. The van der Waals surface area contributed by atoms with Gasteiger partial charge < -0.3 is 10.4 Å². The lowest BCUT2D eigenvalue weighted by Crippen LogP contribution is -2.19. The first kappa shape index (κ1) is 24.5. The van der Waals surface area contributed by atoms with Crippen molar-refractivity contribution in [2.24, 2.45) is 5.41 Å². The van der Waals surface area contributed by atoms with Gasteiger partial charge in [0.1, 0.15) is 5.75 Å². The molecule has 31 heavy (non-hydrogen) atoms. The minimum atomic E-state index is 0.274. The summed E-state index contributed by atoms with van der Waals surface area (Å²) in [7, 11) is 0. The average molecular weight is 418 g/mol. The van der Waals surface area contributed by atoms with Crippen molar-refractivity contribution < 1.29 is 5.11 Å². The minimum absolute atomic E-state index is 0.274. The van der Waals surface area contributed by atoms with Crippen LogP contribution in [0.15, 0.2) is 94.8 Å². The Bertz CT molecular complexity index is 918. The second kappa shape index (κ2) is 11.6. The summed E-state index contributed by atoms with van der Waals surface area (Å²) < 4.78 is 0. The number of aromatic hydroxyl groups is 1. The van der Waals surface area contributed by atoms with E-state index in [0.29, 0.717) is 0 Å². The maximum absolute atomic E-state index is 9.46. The van der Waals surface area contributed by atoms with E-state index >= 15 is 0 Å². The van der Waals surface area contributed by atoms with Crippen LogP contribution in [0.1, 0.15) is 67.2 Å². The summed E-state index contributed by atoms with van der Waals surface area (Å²) in [5.74, 6) is 0.274. The third kappa shape index (κ3) is 8.13. The maximum atomic E-state index is 9.46. The predicted octanol–water partition coefficient (Wildman–Crippen LogP) is 8.63. The number of benzene rings is 1. The molecule has 0 aromatic heterocycles. The van der Waals surface area contributed by atoms with Crippen LogP contribution in [0.2, 0.25) is 0 Å². The van der Waals surface area contributed by atoms with Crippen molar-refractivity contribution in [3.8, 4) is 5.75 Å². The van der Waals surface area contributed by atoms with Crippen molar-refractivity contribution >= 4 is 5.69 Å². The highest BCUT2D eigenvalue weighted by molar-refractivity contribution is 5.53. The lowest BCUT2D eigenvalue weighted by Gasteiger charge is -2.32. The van der Waals surface area contributed by atoms with Gasteiger partial charge in [0.05, 0.1) is 0 Å². The van der Waals surface area contributed by atoms with Gasteiger partial charge in [-0.15, -0.1) is 0 Å². The molecule has 0 aliphatic heterocycles. The van der Waals surface area contributed by atoms with Crippen LogP contribution in [-0.2, 0) is 0 Å². The molecular weight excluding hydrogens is 378 g/mol. The summed E-state index contributed by atoms with van der Waals surface area (Å²) in [6.07, 6.45) is 20.0. The van der Waals surface area contributed by atoms with E-state index in [1.54, 1.807) is 12.1 Å². The number of anilines is 1. The second-order valence-corrected chi connectivity index (χ2v) is 9.16. The fourth-order valence-electron chi connectivity index (χ4n) is 4.00. The average Bonchev–Trinajstić information content (AvgIpc) is 2.69. The van der Waals surface area contributed by atoms with Gasteiger partial charge in [0.2, 0.25) is 0 Å². The van der Waals surface area contributed by atoms with E-state index in [4.69, 9.17) is 0 Å². The molecule has 2 nitrogen and oxygen atoms in total. The third-order valence-electron chi connectivity index (χ3n) is 5.74. The van der Waals surface area contributed by atoms with E-state index in [2.05, 4.69) is 89.4 Å². The molecule has 1 aliphatic rings. The molecule has 0 saturated heterocycles. The zero-order valence-corrected chi connectivity index (χ0v) is 20.1. The van der Waals surface area contributed by atoms with Gasteiger partial charge in [-0.05, 0) is 93.4 Å². The monoisotopic (exact) mass is 417 g/mol. The van der Waals surface area contributed by atoms with Gasteiger partial charge >= 0.3 is 0 Å². The number of phenolic OH excluding ortho intramolecular Hbond substituents is 1. The summed E-state index contributed by atoms with van der Waals surface area (Å²) in [6, 6.07) is 7.13. The Hall–Kier alpha value is -2.74. The Morgan fingerprint density at radius 1 is 1.10 bits per heavy atom. The van der Waals surface area contributed by atoms with Gasteiger partial charge in [0, 0.05) is 11.4 Å². The lowest BCUT2D eigenvalue weighted by atomic mass is 9.72. The molecule has 1 aromatic carbocycles. The number of hydrogen-bond acceptors (Lipinski definition) is 2. The number of allylic oxidation sites excluding steroid dienone is 11. The van der Waals surface area contributed by atoms with Crippen LogP contribution in [0, 0.1) is 5.41 Å². The molecule has 0 fully saturated rings. The molecule has 0 heterocycles. The van der Waals surface area contributed by atoms with Crippen LogP contribution < -0.4 is 5.32 Å². The normalized spacial score (nSPS) is 18.3. The van der Waals surface area contributed by atoms with Gasteiger partial charge in [-0.1, -0.05) is 68.4 Å². The molecule has 2 N–H and O–H groups in total. The Kier molecular flexibility index (Phi) is 9.18. The SMILES string of the molecule is CC\C=C(/C=C(C)/C=C/C=C(C)/C=C/C1=C(C)CCCC1(C)C)Nc1ccc(O)cc1. The fraction of sp³-hybridized carbons (Fsp3) is 0.379. The Morgan fingerprint density at radius 3 is 2.45 bits per heavy atom. The quantitative estimate of drug-likeness (QED) is 0.328. The molecule has 0 atom stereocenters. The lowest BCUT2D eigenvalue weighted by molar-refractivity contribution is 0.377. The molecule has 0 unspecified atom stereocenters. The van der Waals surface area contributed by atoms with E-state index < -0.39 is 0 Å². The topological polar surface area (TPSA) is 32.3 Å². The number of phenols is 1. The molecule has 2 heteroatoms. The predicted molar refractivity (Wildman–Crippen MR) is 136 cm³/mol. The summed E-state index contributed by atoms with van der Waals surface area (Å²) in [5.41, 5.74) is 7.75. The highest BCUT2D eigenvalue weighted by Crippen LogP contribution is 2.40. The van der Waals surface area contributed by atoms with Crippen molar-refractivity contribution in [3.63, 3.8) is 0 Å². The van der Waals surface area contributed by atoms with E-state index in [0.717, 1.165) is 17.8 Å². The van der Waals surface area contributed by atoms with E-state index in [9.17, 15) is 5.11 Å². The van der Waals surface area contributed by atoms with Crippen LogP contribution in [-0.4, -0.2) is 5.11 Å². The molecule has 0 radical (unpaired) electrons. The van der Waals surface area contributed by atoms with Gasteiger partial charge in [0.15, 0.2) is 0 Å². The maximum Gasteiger partial charge on any atom is 0.115 e. The van der Waals surface area contributed by atoms with E-state index in [-0.39, 0.29) is 11.2 Å². The van der Waals surface area contributed by atoms with Crippen LogP contribution >= 0.6 is 0 Å². The molecule has 0 saturated carbocycles. The number of rotatable bonds is 8. The van der Waals surface area contributed by atoms with Crippen LogP contribution in [0.3, 0.4) is 0 Å². The largest absolute Gasteiger partial charge is 0.508 e. The zero-order chi connectivity index (χ0) is 22.9. The van der Waals surface area contributed by atoms with Gasteiger partial charge in [-0.3, -0.25) is 0 Å². The van der Waals surface area contributed by atoms with Crippen molar-refractivity contribution in [1.82, 2.24) is 0 Å². The second-order valence-electron chi connectivity index (χ2n) is 9.16. The molecule has 0 amide bonds. The first-order chi connectivity index (χ1) is 14.7. The fourth-order valence-corrected chi connectivity index (χ4v) is 4.00. The summed E-state index contributed by atoms with van der Waals surface area (Å²) in [5, 5.41) is 12.9. The van der Waals surface area contributed by atoms with Crippen molar-refractivity contribution in [3.05, 3.63) is 94.8 Å². The Morgan fingerprint density at radius 2 is 1.81 bits per heavy atom. The Balaban J connectivity index is 2.05.